The summed E-state index contributed by atoms with van der Waals surface area (Å²) in [5.74, 6) is 0.460. The highest BCUT2D eigenvalue weighted by Gasteiger charge is 2.29. The third kappa shape index (κ3) is 5.50. The van der Waals surface area contributed by atoms with Crippen molar-refractivity contribution in [2.24, 2.45) is 0 Å². The lowest BCUT2D eigenvalue weighted by molar-refractivity contribution is 0.0660. The van der Waals surface area contributed by atoms with Crippen LogP contribution in [0.2, 0.25) is 5.02 Å². The van der Waals surface area contributed by atoms with Crippen LogP contribution < -0.4 is 10.9 Å². The van der Waals surface area contributed by atoms with E-state index in [2.05, 4.69) is 5.32 Å². The SMILES string of the molecule is CCC(c1nc2cc(Cl)ccc2c(=O)n1Cc1ccccc1)N(CCNC)C(=O)c1ccc(C)cc1. The Labute approximate surface area is 216 Å². The number of nitrogens with zero attached hydrogens (tertiary/aromatic N) is 3. The Bertz CT molecular complexity index is 1400. The summed E-state index contributed by atoms with van der Waals surface area (Å²) in [4.78, 5) is 34.3. The van der Waals surface area contributed by atoms with E-state index in [9.17, 15) is 9.59 Å². The second-order valence-electron chi connectivity index (χ2n) is 8.90. The van der Waals surface area contributed by atoms with Crippen molar-refractivity contribution >= 4 is 28.4 Å². The van der Waals surface area contributed by atoms with E-state index in [0.717, 1.165) is 11.1 Å². The molecule has 0 aliphatic heterocycles. The van der Waals surface area contributed by atoms with Crippen molar-refractivity contribution in [2.75, 3.05) is 20.1 Å². The molecule has 1 heterocycles. The number of likely N-dealkylation sites (N-methyl/N-ethyl adjacent to an activating group) is 1. The number of carbonyl (C=O) groups excluding carboxylic acids is 1. The van der Waals surface area contributed by atoms with Crippen LogP contribution in [0.25, 0.3) is 10.9 Å². The lowest BCUT2D eigenvalue weighted by Crippen LogP contribution is -2.42. The Morgan fingerprint density at radius 3 is 2.47 bits per heavy atom. The van der Waals surface area contributed by atoms with Gasteiger partial charge in [0.15, 0.2) is 0 Å². The molecule has 1 N–H and O–H groups in total. The topological polar surface area (TPSA) is 67.2 Å². The monoisotopic (exact) mass is 502 g/mol. The van der Waals surface area contributed by atoms with Gasteiger partial charge in [-0.05, 0) is 56.3 Å². The maximum Gasteiger partial charge on any atom is 0.261 e. The summed E-state index contributed by atoms with van der Waals surface area (Å²) < 4.78 is 1.70. The van der Waals surface area contributed by atoms with E-state index in [1.54, 1.807) is 22.8 Å². The maximum atomic E-state index is 13.8. The highest BCUT2D eigenvalue weighted by atomic mass is 35.5. The quantitative estimate of drug-likeness (QED) is 0.341. The molecule has 0 radical (unpaired) electrons. The van der Waals surface area contributed by atoms with E-state index in [1.807, 2.05) is 80.4 Å². The normalized spacial score (nSPS) is 12.0. The zero-order valence-electron chi connectivity index (χ0n) is 20.9. The van der Waals surface area contributed by atoms with Crippen LogP contribution in [0.4, 0.5) is 0 Å². The first-order chi connectivity index (χ1) is 17.4. The van der Waals surface area contributed by atoms with Crippen molar-refractivity contribution in [2.45, 2.75) is 32.9 Å². The molecule has 1 aromatic heterocycles. The van der Waals surface area contributed by atoms with Gasteiger partial charge in [0.05, 0.1) is 23.5 Å². The van der Waals surface area contributed by atoms with E-state index in [-0.39, 0.29) is 11.5 Å². The minimum atomic E-state index is -0.410. The average molecular weight is 503 g/mol. The highest BCUT2D eigenvalue weighted by molar-refractivity contribution is 6.31. The van der Waals surface area contributed by atoms with Gasteiger partial charge in [0.2, 0.25) is 0 Å². The van der Waals surface area contributed by atoms with Crippen molar-refractivity contribution in [1.29, 1.82) is 0 Å². The van der Waals surface area contributed by atoms with Crippen LogP contribution in [0, 0.1) is 6.92 Å². The Balaban J connectivity index is 1.89. The smallest absolute Gasteiger partial charge is 0.261 e. The molecule has 0 saturated carbocycles. The summed E-state index contributed by atoms with van der Waals surface area (Å²) in [6.07, 6.45) is 0.592. The summed E-state index contributed by atoms with van der Waals surface area (Å²) in [5, 5.41) is 4.16. The fraction of sp³-hybridized carbons (Fsp3) is 0.276. The molecule has 0 aliphatic carbocycles. The zero-order chi connectivity index (χ0) is 25.7. The number of hydrogen-bond donors (Lipinski definition) is 1. The van der Waals surface area contributed by atoms with Gasteiger partial charge in [-0.25, -0.2) is 4.98 Å². The molecule has 186 valence electrons. The van der Waals surface area contributed by atoms with Gasteiger partial charge in [-0.15, -0.1) is 0 Å². The maximum absolute atomic E-state index is 13.8. The van der Waals surface area contributed by atoms with Gasteiger partial charge in [0, 0.05) is 23.7 Å². The van der Waals surface area contributed by atoms with Crippen LogP contribution in [-0.2, 0) is 6.54 Å². The Kier molecular flexibility index (Phi) is 8.18. The number of hydrogen-bond acceptors (Lipinski definition) is 4. The number of aromatic nitrogens is 2. The molecule has 3 aromatic carbocycles. The van der Waals surface area contributed by atoms with E-state index >= 15 is 0 Å². The number of amides is 1. The van der Waals surface area contributed by atoms with E-state index in [4.69, 9.17) is 16.6 Å². The van der Waals surface area contributed by atoms with Crippen molar-refractivity contribution < 1.29 is 4.79 Å². The van der Waals surface area contributed by atoms with Gasteiger partial charge in [-0.1, -0.05) is 66.6 Å². The molecule has 36 heavy (non-hydrogen) atoms. The second-order valence-corrected chi connectivity index (χ2v) is 9.34. The van der Waals surface area contributed by atoms with Gasteiger partial charge in [-0.2, -0.15) is 0 Å². The highest BCUT2D eigenvalue weighted by Crippen LogP contribution is 2.27. The third-order valence-corrected chi connectivity index (χ3v) is 6.59. The van der Waals surface area contributed by atoms with Gasteiger partial charge < -0.3 is 10.2 Å². The Hall–Kier alpha value is -3.48. The molecule has 6 nitrogen and oxygen atoms in total. The summed E-state index contributed by atoms with van der Waals surface area (Å²) in [5.41, 5.74) is 3.06. The predicted octanol–water partition coefficient (Wildman–Crippen LogP) is 5.22. The van der Waals surface area contributed by atoms with Crippen molar-refractivity contribution in [3.8, 4) is 0 Å². The third-order valence-electron chi connectivity index (χ3n) is 6.35. The van der Waals surface area contributed by atoms with Crippen molar-refractivity contribution in [3.63, 3.8) is 0 Å². The molecule has 0 saturated heterocycles. The zero-order valence-corrected chi connectivity index (χ0v) is 21.6. The summed E-state index contributed by atoms with van der Waals surface area (Å²) >= 11 is 6.26. The molecule has 7 heteroatoms. The van der Waals surface area contributed by atoms with E-state index < -0.39 is 6.04 Å². The standard InChI is InChI=1S/C29H31ClN4O2/c1-4-26(33(17-16-31-3)28(35)22-12-10-20(2)11-13-22)27-32-25-18-23(30)14-15-24(25)29(36)34(27)19-21-8-6-5-7-9-21/h5-15,18,26,31H,4,16-17,19H2,1-3H3. The van der Waals surface area contributed by atoms with E-state index in [1.165, 1.54) is 0 Å². The minimum absolute atomic E-state index is 0.0937. The Morgan fingerprint density at radius 1 is 1.08 bits per heavy atom. The molecule has 1 amide bonds. The fourth-order valence-corrected chi connectivity index (χ4v) is 4.59. The molecule has 1 atom stereocenters. The average Bonchev–Trinajstić information content (AvgIpc) is 2.89. The molecular weight excluding hydrogens is 472 g/mol. The largest absolute Gasteiger partial charge is 0.327 e. The fourth-order valence-electron chi connectivity index (χ4n) is 4.42. The number of halogens is 1. The number of carbonyl (C=O) groups is 1. The lowest BCUT2D eigenvalue weighted by Gasteiger charge is -2.32. The molecule has 0 fully saturated rings. The van der Waals surface area contributed by atoms with Gasteiger partial charge in [0.1, 0.15) is 5.82 Å². The van der Waals surface area contributed by atoms with Gasteiger partial charge in [-0.3, -0.25) is 14.2 Å². The number of rotatable bonds is 9. The summed E-state index contributed by atoms with van der Waals surface area (Å²) in [6.45, 7) is 5.44. The molecular formula is C29H31ClN4O2. The molecule has 0 aliphatic rings. The van der Waals surface area contributed by atoms with Crippen molar-refractivity contribution in [3.05, 3.63) is 111 Å². The first-order valence-corrected chi connectivity index (χ1v) is 12.6. The van der Waals surface area contributed by atoms with E-state index in [0.29, 0.717) is 53.4 Å². The number of nitrogens with one attached hydrogen (secondary N) is 1. The number of benzene rings is 3. The lowest BCUT2D eigenvalue weighted by atomic mass is 10.1. The van der Waals surface area contributed by atoms with Crippen molar-refractivity contribution in [1.82, 2.24) is 19.8 Å². The molecule has 4 rings (SSSR count). The minimum Gasteiger partial charge on any atom is -0.327 e. The Morgan fingerprint density at radius 2 is 1.81 bits per heavy atom. The van der Waals surface area contributed by atoms with Crippen LogP contribution in [0.15, 0.2) is 77.6 Å². The number of aryl methyl sites for hydroxylation is 1. The van der Waals surface area contributed by atoms with Gasteiger partial charge in [0.25, 0.3) is 11.5 Å². The van der Waals surface area contributed by atoms with Gasteiger partial charge >= 0.3 is 0 Å². The second kappa shape index (κ2) is 11.5. The predicted molar refractivity (Wildman–Crippen MR) is 146 cm³/mol. The molecule has 4 aromatic rings. The van der Waals surface area contributed by atoms with Crippen LogP contribution in [0.3, 0.4) is 0 Å². The first kappa shape index (κ1) is 25.6. The molecule has 1 unspecified atom stereocenters. The first-order valence-electron chi connectivity index (χ1n) is 12.2. The molecule has 0 bridgehead atoms. The number of fused-ring (bicyclic) bond motifs is 1. The van der Waals surface area contributed by atoms with Crippen LogP contribution in [0.5, 0.6) is 0 Å². The summed E-state index contributed by atoms with van der Waals surface area (Å²) in [6, 6.07) is 22.1. The van der Waals surface area contributed by atoms with Crippen LogP contribution in [-0.4, -0.2) is 40.5 Å². The summed E-state index contributed by atoms with van der Waals surface area (Å²) in [7, 11) is 1.86. The van der Waals surface area contributed by atoms with Crippen LogP contribution >= 0.6 is 11.6 Å². The van der Waals surface area contributed by atoms with Crippen LogP contribution in [0.1, 0.15) is 46.7 Å². The molecule has 0 spiro atoms.